The first kappa shape index (κ1) is 18.5. The molecule has 27 heavy (non-hydrogen) atoms. The molecule has 0 bridgehead atoms. The minimum absolute atomic E-state index is 0.140. The predicted octanol–water partition coefficient (Wildman–Crippen LogP) is 1.93. The second-order valence-corrected chi connectivity index (χ2v) is 8.14. The average Bonchev–Trinajstić information content (AvgIpc) is 3.23. The van der Waals surface area contributed by atoms with Crippen LogP contribution in [-0.4, -0.2) is 73.3 Å². The topological polar surface area (TPSA) is 61.8 Å². The third-order valence-electron chi connectivity index (χ3n) is 6.23. The number of carbonyl (C=O) groups is 1. The van der Waals surface area contributed by atoms with Gasteiger partial charge in [-0.25, -0.2) is 9.97 Å². The second kappa shape index (κ2) is 8.42. The molecule has 2 aliphatic heterocycles. The van der Waals surface area contributed by atoms with Gasteiger partial charge in [0.2, 0.25) is 5.91 Å². The maximum Gasteiger partial charge on any atom is 0.241 e. The number of hydrogen-bond donors (Lipinski definition) is 0. The molecule has 1 aliphatic carbocycles. The summed E-state index contributed by atoms with van der Waals surface area (Å²) in [7, 11) is 1.85. The van der Waals surface area contributed by atoms with E-state index in [-0.39, 0.29) is 5.91 Å². The van der Waals surface area contributed by atoms with Gasteiger partial charge in [-0.2, -0.15) is 0 Å². The summed E-state index contributed by atoms with van der Waals surface area (Å²) in [5.41, 5.74) is 0. The molecule has 148 valence electrons. The Labute approximate surface area is 161 Å². The number of likely N-dealkylation sites (N-methyl/N-ethyl adjacent to an activating group) is 1. The summed E-state index contributed by atoms with van der Waals surface area (Å²) in [6.07, 6.45) is 9.56. The molecule has 2 saturated heterocycles. The molecule has 4 rings (SSSR count). The lowest BCUT2D eigenvalue weighted by Gasteiger charge is -2.35. The monoisotopic (exact) mass is 373 g/mol. The van der Waals surface area contributed by atoms with Crippen LogP contribution in [0.25, 0.3) is 0 Å². The highest BCUT2D eigenvalue weighted by Crippen LogP contribution is 2.27. The van der Waals surface area contributed by atoms with Gasteiger partial charge in [-0.3, -0.25) is 4.79 Å². The van der Waals surface area contributed by atoms with Crippen molar-refractivity contribution in [1.82, 2.24) is 14.9 Å². The van der Waals surface area contributed by atoms with Gasteiger partial charge >= 0.3 is 0 Å². The highest BCUT2D eigenvalue weighted by molar-refractivity contribution is 5.82. The van der Waals surface area contributed by atoms with Crippen molar-refractivity contribution in [3.63, 3.8) is 0 Å². The molecule has 1 saturated carbocycles. The van der Waals surface area contributed by atoms with Gasteiger partial charge in [0.25, 0.3) is 0 Å². The van der Waals surface area contributed by atoms with Crippen molar-refractivity contribution in [2.75, 3.05) is 56.2 Å². The van der Waals surface area contributed by atoms with Gasteiger partial charge in [0.1, 0.15) is 18.0 Å². The molecule has 0 radical (unpaired) electrons. The lowest BCUT2D eigenvalue weighted by Crippen LogP contribution is -2.49. The van der Waals surface area contributed by atoms with E-state index < -0.39 is 0 Å². The standard InChI is InChI=1S/C20H31N5O2/c1-23-10-11-25(13-20(23)26)19-12-18(21-15-22-19)24-8-6-17(7-9-24)27-14-16-4-2-3-5-16/h12,15-17H,2-11,13-14H2,1H3. The molecule has 1 amide bonds. The zero-order valence-electron chi connectivity index (χ0n) is 16.3. The first-order chi connectivity index (χ1) is 13.2. The van der Waals surface area contributed by atoms with Gasteiger partial charge in [0.05, 0.1) is 12.6 Å². The number of piperazine rings is 1. The van der Waals surface area contributed by atoms with E-state index in [0.29, 0.717) is 12.6 Å². The molecule has 3 aliphatic rings. The van der Waals surface area contributed by atoms with Crippen LogP contribution in [-0.2, 0) is 9.53 Å². The minimum atomic E-state index is 0.140. The summed E-state index contributed by atoms with van der Waals surface area (Å²) in [5.74, 6) is 2.74. The van der Waals surface area contributed by atoms with Gasteiger partial charge in [-0.1, -0.05) is 12.8 Å². The van der Waals surface area contributed by atoms with Crippen LogP contribution in [0, 0.1) is 5.92 Å². The van der Waals surface area contributed by atoms with Gasteiger partial charge in [-0.15, -0.1) is 0 Å². The Balaban J connectivity index is 1.30. The molecule has 1 aromatic heterocycles. The fourth-order valence-electron chi connectivity index (χ4n) is 4.34. The predicted molar refractivity (Wildman–Crippen MR) is 105 cm³/mol. The van der Waals surface area contributed by atoms with E-state index in [9.17, 15) is 4.79 Å². The van der Waals surface area contributed by atoms with E-state index in [1.165, 1.54) is 25.7 Å². The number of rotatable bonds is 5. The largest absolute Gasteiger partial charge is 0.378 e. The van der Waals surface area contributed by atoms with Gasteiger partial charge < -0.3 is 19.4 Å². The maximum absolute atomic E-state index is 12.0. The Bertz CT molecular complexity index is 641. The fraction of sp³-hybridized carbons (Fsp3) is 0.750. The van der Waals surface area contributed by atoms with E-state index >= 15 is 0 Å². The summed E-state index contributed by atoms with van der Waals surface area (Å²) in [5, 5.41) is 0. The first-order valence-electron chi connectivity index (χ1n) is 10.4. The van der Waals surface area contributed by atoms with Crippen LogP contribution >= 0.6 is 0 Å². The molecule has 0 unspecified atom stereocenters. The van der Waals surface area contributed by atoms with Crippen molar-refractivity contribution in [2.24, 2.45) is 5.92 Å². The molecular weight excluding hydrogens is 342 g/mol. The van der Waals surface area contributed by atoms with Crippen molar-refractivity contribution < 1.29 is 9.53 Å². The zero-order chi connectivity index (χ0) is 18.6. The van der Waals surface area contributed by atoms with E-state index in [2.05, 4.69) is 14.9 Å². The van der Waals surface area contributed by atoms with Crippen molar-refractivity contribution in [2.45, 2.75) is 44.6 Å². The summed E-state index contributed by atoms with van der Waals surface area (Å²) in [6.45, 7) is 4.82. The SMILES string of the molecule is CN1CCN(c2cc(N3CCC(OCC4CCCC4)CC3)ncn2)CC1=O. The molecule has 0 N–H and O–H groups in total. The van der Waals surface area contributed by atoms with Gasteiger partial charge in [-0.05, 0) is 31.6 Å². The van der Waals surface area contributed by atoms with Crippen LogP contribution in [0.5, 0.6) is 0 Å². The van der Waals surface area contributed by atoms with Crippen LogP contribution < -0.4 is 9.80 Å². The van der Waals surface area contributed by atoms with Crippen molar-refractivity contribution in [3.05, 3.63) is 12.4 Å². The highest BCUT2D eigenvalue weighted by Gasteiger charge is 2.25. The van der Waals surface area contributed by atoms with Crippen LogP contribution in [0.3, 0.4) is 0 Å². The fourth-order valence-corrected chi connectivity index (χ4v) is 4.34. The molecule has 7 nitrogen and oxygen atoms in total. The first-order valence-corrected chi connectivity index (χ1v) is 10.4. The number of aromatic nitrogens is 2. The van der Waals surface area contributed by atoms with Crippen LogP contribution in [0.4, 0.5) is 11.6 Å². The lowest BCUT2D eigenvalue weighted by atomic mass is 10.1. The van der Waals surface area contributed by atoms with Crippen LogP contribution in [0.2, 0.25) is 0 Å². The number of amides is 1. The Hall–Kier alpha value is -1.89. The molecule has 0 atom stereocenters. The zero-order valence-corrected chi connectivity index (χ0v) is 16.3. The summed E-state index contributed by atoms with van der Waals surface area (Å²) < 4.78 is 6.18. The number of anilines is 2. The summed E-state index contributed by atoms with van der Waals surface area (Å²) >= 11 is 0. The van der Waals surface area contributed by atoms with Gasteiger partial charge in [0.15, 0.2) is 0 Å². The summed E-state index contributed by atoms with van der Waals surface area (Å²) in [6, 6.07) is 2.03. The normalized spacial score (nSPS) is 22.7. The molecular formula is C20H31N5O2. The van der Waals surface area contributed by atoms with Crippen LogP contribution in [0.15, 0.2) is 12.4 Å². The molecule has 1 aromatic rings. The van der Waals surface area contributed by atoms with Crippen molar-refractivity contribution in [1.29, 1.82) is 0 Å². The Morgan fingerprint density at radius 2 is 1.70 bits per heavy atom. The number of carbonyl (C=O) groups excluding carboxylic acids is 1. The molecule has 0 spiro atoms. The van der Waals surface area contributed by atoms with Crippen LogP contribution in [0.1, 0.15) is 38.5 Å². The quantitative estimate of drug-likeness (QED) is 0.786. The number of hydrogen-bond acceptors (Lipinski definition) is 6. The maximum atomic E-state index is 12.0. The second-order valence-electron chi connectivity index (χ2n) is 8.14. The van der Waals surface area contributed by atoms with E-state index in [0.717, 1.165) is 63.2 Å². The molecule has 3 fully saturated rings. The Kier molecular flexibility index (Phi) is 5.76. The number of nitrogens with zero attached hydrogens (tertiary/aromatic N) is 5. The molecule has 0 aromatic carbocycles. The van der Waals surface area contributed by atoms with Gasteiger partial charge in [0, 0.05) is 45.9 Å². The average molecular weight is 374 g/mol. The Morgan fingerprint density at radius 3 is 2.41 bits per heavy atom. The smallest absolute Gasteiger partial charge is 0.241 e. The molecule has 7 heteroatoms. The van der Waals surface area contributed by atoms with E-state index in [1.54, 1.807) is 11.2 Å². The third kappa shape index (κ3) is 4.51. The van der Waals surface area contributed by atoms with E-state index in [1.807, 2.05) is 18.0 Å². The van der Waals surface area contributed by atoms with E-state index in [4.69, 9.17) is 4.74 Å². The minimum Gasteiger partial charge on any atom is -0.378 e. The molecule has 3 heterocycles. The number of piperidine rings is 1. The number of ether oxygens (including phenoxy) is 1. The third-order valence-corrected chi connectivity index (χ3v) is 6.23. The summed E-state index contributed by atoms with van der Waals surface area (Å²) in [4.78, 5) is 27.0. The van der Waals surface area contributed by atoms with Crippen molar-refractivity contribution in [3.8, 4) is 0 Å². The van der Waals surface area contributed by atoms with Crippen molar-refractivity contribution >= 4 is 17.5 Å². The highest BCUT2D eigenvalue weighted by atomic mass is 16.5. The lowest BCUT2D eigenvalue weighted by molar-refractivity contribution is -0.129. The Morgan fingerprint density at radius 1 is 1.00 bits per heavy atom.